The molecule has 0 unspecified atom stereocenters. The fourth-order valence-electron chi connectivity index (χ4n) is 2.18. The van der Waals surface area contributed by atoms with Crippen molar-refractivity contribution in [2.45, 2.75) is 20.0 Å². The highest BCUT2D eigenvalue weighted by Crippen LogP contribution is 2.16. The lowest BCUT2D eigenvalue weighted by Gasteiger charge is -2.09. The minimum atomic E-state index is 0.156. The summed E-state index contributed by atoms with van der Waals surface area (Å²) in [7, 11) is 0. The van der Waals surface area contributed by atoms with Crippen molar-refractivity contribution in [2.75, 3.05) is 11.1 Å². The number of nitrogen functional groups attached to an aromatic ring is 1. The van der Waals surface area contributed by atoms with Gasteiger partial charge in [-0.3, -0.25) is 0 Å². The number of aromatic nitrogens is 3. The second-order valence-corrected chi connectivity index (χ2v) is 5.21. The van der Waals surface area contributed by atoms with Crippen molar-refractivity contribution in [2.24, 2.45) is 0 Å². The molecule has 6 nitrogen and oxygen atoms in total. The van der Waals surface area contributed by atoms with Gasteiger partial charge >= 0.3 is 0 Å². The molecule has 2 aromatic carbocycles. The quantitative estimate of drug-likeness (QED) is 0.724. The Balaban J connectivity index is 1.69. The molecule has 1 heterocycles. The first-order valence-corrected chi connectivity index (χ1v) is 7.77. The molecule has 0 bridgehead atoms. The molecule has 0 saturated heterocycles. The molecule has 0 spiro atoms. The minimum absolute atomic E-state index is 0.156. The highest BCUT2D eigenvalue weighted by molar-refractivity contribution is 5.53. The number of nitrogens with zero attached hydrogens (tertiary/aromatic N) is 3. The van der Waals surface area contributed by atoms with Crippen LogP contribution in [0.1, 0.15) is 18.3 Å². The number of benzene rings is 2. The van der Waals surface area contributed by atoms with Gasteiger partial charge in [0.1, 0.15) is 12.4 Å². The number of hydrogen-bond acceptors (Lipinski definition) is 6. The number of para-hydroxylation sites is 1. The Hall–Kier alpha value is -3.15. The Labute approximate surface area is 140 Å². The van der Waals surface area contributed by atoms with Gasteiger partial charge in [0, 0.05) is 5.69 Å². The van der Waals surface area contributed by atoms with Crippen LogP contribution >= 0.6 is 0 Å². The third kappa shape index (κ3) is 4.19. The zero-order valence-electron chi connectivity index (χ0n) is 13.4. The fraction of sp³-hybridized carbons (Fsp3) is 0.167. The van der Waals surface area contributed by atoms with Crippen LogP contribution in [-0.4, -0.2) is 15.0 Å². The Morgan fingerprint density at radius 2 is 1.71 bits per heavy atom. The lowest BCUT2D eigenvalue weighted by Crippen LogP contribution is -2.09. The number of ether oxygens (including phenoxy) is 1. The molecular formula is C18H19N5O. The SMILES string of the molecule is CCc1ccc(OCc2nc(N)nc(Nc3ccccc3)n2)cc1. The number of aryl methyl sites for hydroxylation is 1. The van der Waals surface area contributed by atoms with E-state index in [1.54, 1.807) is 0 Å². The smallest absolute Gasteiger partial charge is 0.232 e. The lowest BCUT2D eigenvalue weighted by atomic mass is 10.2. The van der Waals surface area contributed by atoms with Crippen molar-refractivity contribution in [1.82, 2.24) is 15.0 Å². The molecule has 122 valence electrons. The summed E-state index contributed by atoms with van der Waals surface area (Å²) >= 11 is 0. The van der Waals surface area contributed by atoms with E-state index in [9.17, 15) is 0 Å². The molecule has 0 radical (unpaired) electrons. The minimum Gasteiger partial charge on any atom is -0.486 e. The van der Waals surface area contributed by atoms with Crippen molar-refractivity contribution in [3.8, 4) is 5.75 Å². The van der Waals surface area contributed by atoms with Crippen molar-refractivity contribution < 1.29 is 4.74 Å². The van der Waals surface area contributed by atoms with E-state index in [4.69, 9.17) is 10.5 Å². The van der Waals surface area contributed by atoms with E-state index >= 15 is 0 Å². The summed E-state index contributed by atoms with van der Waals surface area (Å²) < 4.78 is 5.72. The van der Waals surface area contributed by atoms with Gasteiger partial charge in [0.15, 0.2) is 5.82 Å². The predicted octanol–water partition coefficient (Wildman–Crippen LogP) is 3.34. The molecule has 0 aliphatic rings. The van der Waals surface area contributed by atoms with Crippen molar-refractivity contribution in [3.63, 3.8) is 0 Å². The van der Waals surface area contributed by atoms with Gasteiger partial charge in [0.2, 0.25) is 11.9 Å². The Kier molecular flexibility index (Phi) is 4.86. The molecule has 6 heteroatoms. The third-order valence-electron chi connectivity index (χ3n) is 3.43. The number of nitrogens with two attached hydrogens (primary N) is 1. The summed E-state index contributed by atoms with van der Waals surface area (Å²) in [6, 6.07) is 17.6. The Bertz CT molecular complexity index is 790. The van der Waals surface area contributed by atoms with E-state index < -0.39 is 0 Å². The maximum absolute atomic E-state index is 5.76. The molecule has 24 heavy (non-hydrogen) atoms. The van der Waals surface area contributed by atoms with E-state index in [1.807, 2.05) is 54.6 Å². The molecule has 0 fully saturated rings. The molecule has 0 aliphatic heterocycles. The Morgan fingerprint density at radius 3 is 2.42 bits per heavy atom. The van der Waals surface area contributed by atoms with Crippen LogP contribution in [0.15, 0.2) is 54.6 Å². The molecule has 3 N–H and O–H groups in total. The predicted molar refractivity (Wildman–Crippen MR) is 94.1 cm³/mol. The summed E-state index contributed by atoms with van der Waals surface area (Å²) in [5.41, 5.74) is 7.91. The van der Waals surface area contributed by atoms with Crippen LogP contribution < -0.4 is 15.8 Å². The second-order valence-electron chi connectivity index (χ2n) is 5.21. The fourth-order valence-corrected chi connectivity index (χ4v) is 2.18. The standard InChI is InChI=1S/C18H19N5O/c1-2-13-8-10-15(11-9-13)24-12-16-21-17(19)23-18(22-16)20-14-6-4-3-5-7-14/h3-11H,2,12H2,1H3,(H3,19,20,21,22,23). The highest BCUT2D eigenvalue weighted by atomic mass is 16.5. The van der Waals surface area contributed by atoms with Crippen molar-refractivity contribution in [1.29, 1.82) is 0 Å². The van der Waals surface area contributed by atoms with Gasteiger partial charge in [0.25, 0.3) is 0 Å². The number of rotatable bonds is 6. The van der Waals surface area contributed by atoms with Crippen LogP contribution in [0.2, 0.25) is 0 Å². The number of hydrogen-bond donors (Lipinski definition) is 2. The average Bonchev–Trinajstić information content (AvgIpc) is 2.61. The molecule has 0 atom stereocenters. The van der Waals surface area contributed by atoms with Crippen LogP contribution in [-0.2, 0) is 13.0 Å². The monoisotopic (exact) mass is 321 g/mol. The van der Waals surface area contributed by atoms with Crippen LogP contribution in [0.25, 0.3) is 0 Å². The van der Waals surface area contributed by atoms with E-state index in [1.165, 1.54) is 5.56 Å². The summed E-state index contributed by atoms with van der Waals surface area (Å²) in [5.74, 6) is 1.79. The molecule has 1 aromatic heterocycles. The van der Waals surface area contributed by atoms with Crippen molar-refractivity contribution >= 4 is 17.6 Å². The first kappa shape index (κ1) is 15.7. The van der Waals surface area contributed by atoms with Crippen LogP contribution in [0.5, 0.6) is 5.75 Å². The van der Waals surface area contributed by atoms with Gasteiger partial charge in [-0.2, -0.15) is 15.0 Å². The zero-order valence-corrected chi connectivity index (χ0v) is 13.4. The van der Waals surface area contributed by atoms with E-state index in [0.29, 0.717) is 11.8 Å². The van der Waals surface area contributed by atoms with E-state index in [2.05, 4.69) is 27.2 Å². The van der Waals surface area contributed by atoms with Crippen LogP contribution in [0.4, 0.5) is 17.6 Å². The van der Waals surface area contributed by atoms with Crippen LogP contribution in [0.3, 0.4) is 0 Å². The zero-order chi connectivity index (χ0) is 16.8. The summed E-state index contributed by atoms with van der Waals surface area (Å²) in [6.07, 6.45) is 0.999. The van der Waals surface area contributed by atoms with Crippen molar-refractivity contribution in [3.05, 3.63) is 66.0 Å². The first-order chi connectivity index (χ1) is 11.7. The van der Waals surface area contributed by atoms with Gasteiger partial charge in [-0.05, 0) is 36.2 Å². The maximum Gasteiger partial charge on any atom is 0.232 e. The summed E-state index contributed by atoms with van der Waals surface area (Å²) in [6.45, 7) is 2.34. The summed E-state index contributed by atoms with van der Waals surface area (Å²) in [4.78, 5) is 12.5. The maximum atomic E-state index is 5.76. The van der Waals surface area contributed by atoms with Gasteiger partial charge in [-0.1, -0.05) is 37.3 Å². The third-order valence-corrected chi connectivity index (χ3v) is 3.43. The molecule has 3 aromatic rings. The topological polar surface area (TPSA) is 86.0 Å². The van der Waals surface area contributed by atoms with Crippen LogP contribution in [0, 0.1) is 0 Å². The Morgan fingerprint density at radius 1 is 0.958 bits per heavy atom. The van der Waals surface area contributed by atoms with Gasteiger partial charge in [0.05, 0.1) is 0 Å². The molecule has 0 aliphatic carbocycles. The normalized spacial score (nSPS) is 10.4. The highest BCUT2D eigenvalue weighted by Gasteiger charge is 2.06. The van der Waals surface area contributed by atoms with Gasteiger partial charge in [-0.15, -0.1) is 0 Å². The average molecular weight is 321 g/mol. The molecule has 0 saturated carbocycles. The van der Waals surface area contributed by atoms with E-state index in [0.717, 1.165) is 17.9 Å². The number of nitrogens with one attached hydrogen (secondary N) is 1. The largest absolute Gasteiger partial charge is 0.486 e. The molecular weight excluding hydrogens is 302 g/mol. The van der Waals surface area contributed by atoms with Gasteiger partial charge < -0.3 is 15.8 Å². The van der Waals surface area contributed by atoms with E-state index in [-0.39, 0.29) is 12.6 Å². The first-order valence-electron chi connectivity index (χ1n) is 7.77. The summed E-state index contributed by atoms with van der Waals surface area (Å²) in [5, 5.41) is 3.10. The second kappa shape index (κ2) is 7.41. The lowest BCUT2D eigenvalue weighted by molar-refractivity contribution is 0.296. The molecule has 3 rings (SSSR count). The number of anilines is 3. The molecule has 0 amide bonds. The van der Waals surface area contributed by atoms with Gasteiger partial charge in [-0.25, -0.2) is 0 Å².